The van der Waals surface area contributed by atoms with Crippen LogP contribution in [-0.4, -0.2) is 29.3 Å². The minimum absolute atomic E-state index is 0.317. The van der Waals surface area contributed by atoms with E-state index in [1.54, 1.807) is 11.3 Å². The van der Waals surface area contributed by atoms with E-state index in [0.717, 1.165) is 39.3 Å². The molecule has 32 heavy (non-hydrogen) atoms. The first-order valence-corrected chi connectivity index (χ1v) is 11.6. The molecule has 0 saturated carbocycles. The number of amides is 4. The van der Waals surface area contributed by atoms with Crippen LogP contribution in [0.4, 0.5) is 4.79 Å². The number of urea groups is 1. The van der Waals surface area contributed by atoms with Crippen molar-refractivity contribution in [2.45, 2.75) is 30.8 Å². The van der Waals surface area contributed by atoms with Crippen LogP contribution in [0.2, 0.25) is 0 Å². The predicted molar refractivity (Wildman–Crippen MR) is 122 cm³/mol. The molecular weight excluding hydrogens is 422 g/mol. The summed E-state index contributed by atoms with van der Waals surface area (Å²) < 4.78 is 0. The topological polar surface area (TPSA) is 78.5 Å². The van der Waals surface area contributed by atoms with Gasteiger partial charge in [-0.3, -0.25) is 14.5 Å². The second-order valence-corrected chi connectivity index (χ2v) is 9.16. The SMILES string of the molecule is O=C(CN1C(=O)N[C@]2(CCCc3sccc32)C1=O)NC(c1ccccc1)c1ccccc1. The van der Waals surface area contributed by atoms with Crippen LogP contribution < -0.4 is 10.6 Å². The van der Waals surface area contributed by atoms with E-state index in [4.69, 9.17) is 0 Å². The van der Waals surface area contributed by atoms with E-state index in [1.807, 2.05) is 72.1 Å². The molecule has 0 radical (unpaired) electrons. The molecule has 1 aliphatic heterocycles. The Hall–Kier alpha value is -3.45. The molecule has 2 aliphatic rings. The Labute approximate surface area is 190 Å². The van der Waals surface area contributed by atoms with E-state index in [0.29, 0.717) is 6.42 Å². The molecule has 4 amide bonds. The first-order chi connectivity index (χ1) is 15.6. The molecule has 2 heterocycles. The Morgan fingerprint density at radius 2 is 1.69 bits per heavy atom. The lowest BCUT2D eigenvalue weighted by Crippen LogP contribution is -2.47. The van der Waals surface area contributed by atoms with Gasteiger partial charge in [0, 0.05) is 10.4 Å². The highest BCUT2D eigenvalue weighted by molar-refractivity contribution is 7.10. The van der Waals surface area contributed by atoms with Gasteiger partial charge in [-0.1, -0.05) is 60.7 Å². The third-order valence-electron chi connectivity index (χ3n) is 6.21. The number of thiophene rings is 1. The zero-order chi connectivity index (χ0) is 22.1. The number of nitrogens with zero attached hydrogens (tertiary/aromatic N) is 1. The maximum atomic E-state index is 13.4. The van der Waals surface area contributed by atoms with Gasteiger partial charge in [0.2, 0.25) is 5.91 Å². The molecule has 2 N–H and O–H groups in total. The van der Waals surface area contributed by atoms with Crippen LogP contribution in [-0.2, 0) is 21.5 Å². The zero-order valence-corrected chi connectivity index (χ0v) is 18.2. The molecule has 3 aromatic rings. The summed E-state index contributed by atoms with van der Waals surface area (Å²) in [5, 5.41) is 7.87. The predicted octanol–water partition coefficient (Wildman–Crippen LogP) is 3.74. The van der Waals surface area contributed by atoms with Gasteiger partial charge in [-0.2, -0.15) is 0 Å². The van der Waals surface area contributed by atoms with Gasteiger partial charge >= 0.3 is 6.03 Å². The van der Waals surface area contributed by atoms with Gasteiger partial charge < -0.3 is 10.6 Å². The number of rotatable bonds is 5. The summed E-state index contributed by atoms with van der Waals surface area (Å²) in [5.41, 5.74) is 1.69. The van der Waals surface area contributed by atoms with Crippen molar-refractivity contribution in [3.05, 3.63) is 93.7 Å². The lowest BCUT2D eigenvalue weighted by Gasteiger charge is -2.31. The number of carbonyl (C=O) groups is 3. The molecule has 1 atom stereocenters. The Bertz CT molecular complexity index is 1120. The summed E-state index contributed by atoms with van der Waals surface area (Å²) in [6.45, 7) is -0.317. The van der Waals surface area contributed by atoms with E-state index in [2.05, 4.69) is 10.6 Å². The van der Waals surface area contributed by atoms with Gasteiger partial charge in [0.25, 0.3) is 5.91 Å². The molecule has 0 bridgehead atoms. The third-order valence-corrected chi connectivity index (χ3v) is 7.19. The maximum Gasteiger partial charge on any atom is 0.325 e. The molecule has 0 unspecified atom stereocenters. The minimum Gasteiger partial charge on any atom is -0.344 e. The fourth-order valence-electron chi connectivity index (χ4n) is 4.69. The Morgan fingerprint density at radius 1 is 1.03 bits per heavy atom. The van der Waals surface area contributed by atoms with E-state index in [-0.39, 0.29) is 24.4 Å². The molecule has 6 nitrogen and oxygen atoms in total. The Kier molecular flexibility index (Phi) is 5.27. The average Bonchev–Trinajstić information content (AvgIpc) is 3.39. The van der Waals surface area contributed by atoms with Gasteiger partial charge in [-0.25, -0.2) is 4.79 Å². The van der Waals surface area contributed by atoms with Crippen LogP contribution in [0.1, 0.15) is 40.5 Å². The van der Waals surface area contributed by atoms with Crippen LogP contribution >= 0.6 is 11.3 Å². The lowest BCUT2D eigenvalue weighted by atomic mass is 9.80. The van der Waals surface area contributed by atoms with Gasteiger partial charge in [0.05, 0.1) is 6.04 Å². The maximum absolute atomic E-state index is 13.4. The summed E-state index contributed by atoms with van der Waals surface area (Å²) in [4.78, 5) is 41.4. The van der Waals surface area contributed by atoms with E-state index >= 15 is 0 Å². The van der Waals surface area contributed by atoms with Gasteiger partial charge in [0.1, 0.15) is 12.1 Å². The molecule has 1 aromatic heterocycles. The van der Waals surface area contributed by atoms with Crippen molar-refractivity contribution < 1.29 is 14.4 Å². The molecule has 5 rings (SSSR count). The zero-order valence-electron chi connectivity index (χ0n) is 17.4. The first kappa shape index (κ1) is 20.5. The number of hydrogen-bond donors (Lipinski definition) is 2. The van der Waals surface area contributed by atoms with Crippen molar-refractivity contribution in [1.82, 2.24) is 15.5 Å². The van der Waals surface area contributed by atoms with Crippen molar-refractivity contribution in [3.8, 4) is 0 Å². The van der Waals surface area contributed by atoms with Gasteiger partial charge in [-0.15, -0.1) is 11.3 Å². The molecule has 7 heteroatoms. The van der Waals surface area contributed by atoms with Crippen LogP contribution in [0.25, 0.3) is 0 Å². The molecule has 1 aliphatic carbocycles. The Morgan fingerprint density at radius 3 is 2.34 bits per heavy atom. The third kappa shape index (κ3) is 3.48. The quantitative estimate of drug-likeness (QED) is 0.588. The van der Waals surface area contributed by atoms with Crippen molar-refractivity contribution in [3.63, 3.8) is 0 Å². The standard InChI is InChI=1S/C25H23N3O3S/c29-21(26-22(17-8-3-1-4-9-17)18-10-5-2-6-11-18)16-28-23(30)25(27-24(28)31)14-7-12-20-19(25)13-15-32-20/h1-6,8-11,13,15,22H,7,12,14,16H2,(H,26,29)(H,27,31)/t25-/m0/s1. The summed E-state index contributed by atoms with van der Waals surface area (Å²) in [6, 6.07) is 20.3. The largest absolute Gasteiger partial charge is 0.344 e. The molecule has 1 saturated heterocycles. The molecule has 1 fully saturated rings. The number of carbonyl (C=O) groups excluding carboxylic acids is 3. The highest BCUT2D eigenvalue weighted by atomic mass is 32.1. The molecular formula is C25H23N3O3S. The molecule has 1 spiro atoms. The summed E-state index contributed by atoms with van der Waals surface area (Å²) in [5.74, 6) is -0.724. The van der Waals surface area contributed by atoms with Crippen molar-refractivity contribution >= 4 is 29.2 Å². The number of hydrogen-bond acceptors (Lipinski definition) is 4. The van der Waals surface area contributed by atoms with Crippen LogP contribution in [0.3, 0.4) is 0 Å². The fraction of sp³-hybridized carbons (Fsp3) is 0.240. The Balaban J connectivity index is 1.37. The number of fused-ring (bicyclic) bond motifs is 2. The van der Waals surface area contributed by atoms with Gasteiger partial charge in [-0.05, 0) is 41.8 Å². The second kappa shape index (κ2) is 8.24. The summed E-state index contributed by atoms with van der Waals surface area (Å²) in [7, 11) is 0. The van der Waals surface area contributed by atoms with Crippen LogP contribution in [0.15, 0.2) is 72.1 Å². The average molecular weight is 446 g/mol. The van der Waals surface area contributed by atoms with E-state index in [1.165, 1.54) is 0 Å². The lowest BCUT2D eigenvalue weighted by molar-refractivity contribution is -0.135. The van der Waals surface area contributed by atoms with Crippen LogP contribution in [0, 0.1) is 0 Å². The number of aryl methyl sites for hydroxylation is 1. The smallest absolute Gasteiger partial charge is 0.325 e. The van der Waals surface area contributed by atoms with E-state index in [9.17, 15) is 14.4 Å². The first-order valence-electron chi connectivity index (χ1n) is 10.7. The van der Waals surface area contributed by atoms with Gasteiger partial charge in [0.15, 0.2) is 0 Å². The highest BCUT2D eigenvalue weighted by Crippen LogP contribution is 2.42. The number of nitrogens with one attached hydrogen (secondary N) is 2. The monoisotopic (exact) mass is 445 g/mol. The normalized spacial score (nSPS) is 19.8. The highest BCUT2D eigenvalue weighted by Gasteiger charge is 2.54. The minimum atomic E-state index is -1.04. The summed E-state index contributed by atoms with van der Waals surface area (Å²) >= 11 is 1.61. The number of benzene rings is 2. The number of imide groups is 1. The summed E-state index contributed by atoms with van der Waals surface area (Å²) in [6.07, 6.45) is 2.29. The second-order valence-electron chi connectivity index (χ2n) is 8.16. The van der Waals surface area contributed by atoms with Crippen LogP contribution in [0.5, 0.6) is 0 Å². The van der Waals surface area contributed by atoms with Crippen molar-refractivity contribution in [2.24, 2.45) is 0 Å². The molecule has 162 valence electrons. The van der Waals surface area contributed by atoms with E-state index < -0.39 is 11.6 Å². The van der Waals surface area contributed by atoms with Crippen molar-refractivity contribution in [2.75, 3.05) is 6.54 Å². The van der Waals surface area contributed by atoms with Crippen molar-refractivity contribution in [1.29, 1.82) is 0 Å². The fourth-order valence-corrected chi connectivity index (χ4v) is 5.69. The molecule has 2 aromatic carbocycles.